The lowest BCUT2D eigenvalue weighted by molar-refractivity contribution is 0.189. The summed E-state index contributed by atoms with van der Waals surface area (Å²) in [6.07, 6.45) is 0.997. The van der Waals surface area contributed by atoms with Crippen LogP contribution in [0, 0.1) is 0 Å². The van der Waals surface area contributed by atoms with Crippen LogP contribution in [-0.2, 0) is 0 Å². The smallest absolute Gasteiger partial charge is 0.125 e. The van der Waals surface area contributed by atoms with Crippen molar-refractivity contribution in [1.82, 2.24) is 0 Å². The molecule has 1 aromatic carbocycles. The second kappa shape index (κ2) is 6.89. The molecule has 0 aliphatic rings. The van der Waals surface area contributed by atoms with E-state index in [1.165, 1.54) is 0 Å². The molecule has 1 atom stereocenters. The molecule has 4 heteroatoms. The molecule has 0 unspecified atom stereocenters. The highest BCUT2D eigenvalue weighted by atomic mass is 79.9. The Morgan fingerprint density at radius 1 is 1.38 bits per heavy atom. The summed E-state index contributed by atoms with van der Waals surface area (Å²) in [6.45, 7) is 2.46. The van der Waals surface area contributed by atoms with E-state index < -0.39 is 6.10 Å². The number of aliphatic hydroxyl groups excluding tert-OH is 2. The topological polar surface area (TPSA) is 49.7 Å². The lowest BCUT2D eigenvalue weighted by Crippen LogP contribution is -2.03. The van der Waals surface area contributed by atoms with Crippen molar-refractivity contribution >= 4 is 15.9 Å². The van der Waals surface area contributed by atoms with Crippen LogP contribution in [0.5, 0.6) is 5.75 Å². The van der Waals surface area contributed by atoms with E-state index >= 15 is 0 Å². The van der Waals surface area contributed by atoms with Crippen molar-refractivity contribution in [2.45, 2.75) is 25.9 Å². The van der Waals surface area contributed by atoms with Gasteiger partial charge in [-0.1, -0.05) is 15.9 Å². The Bertz CT molecular complexity index is 326. The number of aliphatic hydroxyl groups is 2. The molecule has 0 radical (unpaired) electrons. The van der Waals surface area contributed by atoms with E-state index in [1.54, 1.807) is 6.92 Å². The van der Waals surface area contributed by atoms with Gasteiger partial charge in [-0.3, -0.25) is 0 Å². The Morgan fingerprint density at radius 3 is 2.75 bits per heavy atom. The molecule has 2 N–H and O–H groups in total. The molecule has 0 saturated carbocycles. The van der Waals surface area contributed by atoms with Crippen molar-refractivity contribution in [3.05, 3.63) is 28.2 Å². The predicted molar refractivity (Wildman–Crippen MR) is 66.6 cm³/mol. The van der Waals surface area contributed by atoms with Gasteiger partial charge >= 0.3 is 0 Å². The molecule has 1 rings (SSSR count). The molecule has 0 spiro atoms. The average Bonchev–Trinajstić information content (AvgIpc) is 2.26. The first-order chi connectivity index (χ1) is 7.65. The Balaban J connectivity index is 2.64. The quantitative estimate of drug-likeness (QED) is 0.792. The fraction of sp³-hybridized carbons (Fsp3) is 0.500. The first-order valence-corrected chi connectivity index (χ1v) is 6.15. The summed E-state index contributed by atoms with van der Waals surface area (Å²) >= 11 is 3.36. The van der Waals surface area contributed by atoms with E-state index in [9.17, 15) is 5.11 Å². The molecule has 0 aliphatic carbocycles. The summed E-state index contributed by atoms with van der Waals surface area (Å²) in [5, 5.41) is 18.2. The van der Waals surface area contributed by atoms with Crippen LogP contribution in [0.2, 0.25) is 0 Å². The number of rotatable bonds is 6. The Labute approximate surface area is 104 Å². The van der Waals surface area contributed by atoms with Crippen LogP contribution in [0.25, 0.3) is 0 Å². The highest BCUT2D eigenvalue weighted by molar-refractivity contribution is 9.10. The van der Waals surface area contributed by atoms with Crippen LogP contribution in [0.4, 0.5) is 0 Å². The van der Waals surface area contributed by atoms with Gasteiger partial charge in [-0.15, -0.1) is 0 Å². The summed E-state index contributed by atoms with van der Waals surface area (Å²) in [5.41, 5.74) is 0.776. The van der Waals surface area contributed by atoms with Gasteiger partial charge in [0.25, 0.3) is 0 Å². The Hall–Kier alpha value is -0.580. The predicted octanol–water partition coefficient (Wildman–Crippen LogP) is 2.65. The molecule has 0 saturated heterocycles. The third kappa shape index (κ3) is 4.12. The fourth-order valence-electron chi connectivity index (χ4n) is 1.37. The number of unbranched alkanes of at least 4 members (excludes halogenated alkanes) is 1. The first-order valence-electron chi connectivity index (χ1n) is 5.36. The van der Waals surface area contributed by atoms with Gasteiger partial charge in [0.05, 0.1) is 12.7 Å². The van der Waals surface area contributed by atoms with E-state index in [4.69, 9.17) is 9.84 Å². The first kappa shape index (κ1) is 13.5. The van der Waals surface area contributed by atoms with Gasteiger partial charge in [0, 0.05) is 16.6 Å². The fourth-order valence-corrected chi connectivity index (χ4v) is 1.75. The van der Waals surface area contributed by atoms with E-state index in [-0.39, 0.29) is 6.61 Å². The lowest BCUT2D eigenvalue weighted by Gasteiger charge is -2.13. The SMILES string of the molecule is C[C@H](O)c1cc(Br)ccc1OCCCCO. The molecule has 0 amide bonds. The zero-order valence-corrected chi connectivity index (χ0v) is 10.9. The monoisotopic (exact) mass is 288 g/mol. The van der Waals surface area contributed by atoms with Crippen LogP contribution in [0.3, 0.4) is 0 Å². The molecule has 0 bridgehead atoms. The van der Waals surface area contributed by atoms with Crippen LogP contribution >= 0.6 is 15.9 Å². The maximum Gasteiger partial charge on any atom is 0.125 e. The standard InChI is InChI=1S/C12H17BrO3/c1-9(15)11-8-10(13)4-5-12(11)16-7-3-2-6-14/h4-5,8-9,14-15H,2-3,6-7H2,1H3/t9-/m0/s1. The summed E-state index contributed by atoms with van der Waals surface area (Å²) in [7, 11) is 0. The van der Waals surface area contributed by atoms with Crippen LogP contribution in [0.1, 0.15) is 31.4 Å². The van der Waals surface area contributed by atoms with Gasteiger partial charge in [-0.05, 0) is 38.0 Å². The van der Waals surface area contributed by atoms with Gasteiger partial charge in [0.15, 0.2) is 0 Å². The molecule has 0 aromatic heterocycles. The van der Waals surface area contributed by atoms with Crippen molar-refractivity contribution in [1.29, 1.82) is 0 Å². The minimum absolute atomic E-state index is 0.187. The van der Waals surface area contributed by atoms with Gasteiger partial charge in [-0.2, -0.15) is 0 Å². The second-order valence-corrected chi connectivity index (χ2v) is 4.55. The number of benzene rings is 1. The number of hydrogen-bond acceptors (Lipinski definition) is 3. The second-order valence-electron chi connectivity index (χ2n) is 3.64. The van der Waals surface area contributed by atoms with E-state index in [0.717, 1.165) is 22.9 Å². The highest BCUT2D eigenvalue weighted by Gasteiger charge is 2.09. The normalized spacial score (nSPS) is 12.5. The molecule has 16 heavy (non-hydrogen) atoms. The van der Waals surface area contributed by atoms with Gasteiger partial charge in [-0.25, -0.2) is 0 Å². The number of ether oxygens (including phenoxy) is 1. The number of halogens is 1. The zero-order chi connectivity index (χ0) is 12.0. The largest absolute Gasteiger partial charge is 0.493 e. The summed E-state index contributed by atoms with van der Waals surface area (Å²) in [4.78, 5) is 0. The maximum atomic E-state index is 9.59. The third-order valence-corrected chi connectivity index (χ3v) is 2.73. The molecular formula is C12H17BrO3. The molecule has 0 fully saturated rings. The molecule has 0 aliphatic heterocycles. The van der Waals surface area contributed by atoms with Crippen LogP contribution in [-0.4, -0.2) is 23.4 Å². The molecule has 3 nitrogen and oxygen atoms in total. The van der Waals surface area contributed by atoms with Gasteiger partial charge < -0.3 is 14.9 Å². The molecule has 0 heterocycles. The zero-order valence-electron chi connectivity index (χ0n) is 9.32. The van der Waals surface area contributed by atoms with E-state index in [2.05, 4.69) is 15.9 Å². The summed E-state index contributed by atoms with van der Waals surface area (Å²) < 4.78 is 6.49. The van der Waals surface area contributed by atoms with Gasteiger partial charge in [0.1, 0.15) is 5.75 Å². The van der Waals surface area contributed by atoms with Gasteiger partial charge in [0.2, 0.25) is 0 Å². The van der Waals surface area contributed by atoms with E-state index in [0.29, 0.717) is 12.4 Å². The molecular weight excluding hydrogens is 272 g/mol. The maximum absolute atomic E-state index is 9.59. The van der Waals surface area contributed by atoms with Crippen molar-refractivity contribution in [2.75, 3.05) is 13.2 Å². The lowest BCUT2D eigenvalue weighted by atomic mass is 10.1. The molecule has 90 valence electrons. The van der Waals surface area contributed by atoms with Crippen molar-refractivity contribution < 1.29 is 14.9 Å². The average molecular weight is 289 g/mol. The number of hydrogen-bond donors (Lipinski definition) is 2. The van der Waals surface area contributed by atoms with E-state index in [1.807, 2.05) is 18.2 Å². The van der Waals surface area contributed by atoms with Crippen LogP contribution < -0.4 is 4.74 Å². The Kier molecular flexibility index (Phi) is 5.80. The summed E-state index contributed by atoms with van der Waals surface area (Å²) in [5.74, 6) is 0.705. The molecule has 1 aromatic rings. The summed E-state index contributed by atoms with van der Waals surface area (Å²) in [6, 6.07) is 5.57. The van der Waals surface area contributed by atoms with Crippen LogP contribution in [0.15, 0.2) is 22.7 Å². The Morgan fingerprint density at radius 2 is 2.12 bits per heavy atom. The minimum atomic E-state index is -0.551. The minimum Gasteiger partial charge on any atom is -0.493 e. The van der Waals surface area contributed by atoms with Crippen molar-refractivity contribution in [3.8, 4) is 5.75 Å². The van der Waals surface area contributed by atoms with Crippen molar-refractivity contribution in [2.24, 2.45) is 0 Å². The van der Waals surface area contributed by atoms with Crippen molar-refractivity contribution in [3.63, 3.8) is 0 Å². The third-order valence-electron chi connectivity index (χ3n) is 2.23. The highest BCUT2D eigenvalue weighted by Crippen LogP contribution is 2.28.